The summed E-state index contributed by atoms with van der Waals surface area (Å²) in [7, 11) is 0. The molecule has 166 valence electrons. The lowest BCUT2D eigenvalue weighted by Gasteiger charge is -2.33. The van der Waals surface area contributed by atoms with Crippen molar-refractivity contribution >= 4 is 23.4 Å². The second-order valence-corrected chi connectivity index (χ2v) is 8.47. The van der Waals surface area contributed by atoms with Crippen molar-refractivity contribution < 1.29 is 13.9 Å². The zero-order valence-corrected chi connectivity index (χ0v) is 18.2. The second-order valence-electron chi connectivity index (χ2n) is 7.36. The van der Waals surface area contributed by atoms with Gasteiger partial charge in [0.2, 0.25) is 11.1 Å². The maximum absolute atomic E-state index is 14.1. The second kappa shape index (κ2) is 9.33. The van der Waals surface area contributed by atoms with Gasteiger partial charge in [-0.1, -0.05) is 72.4 Å². The van der Waals surface area contributed by atoms with E-state index in [-0.39, 0.29) is 18.2 Å². The van der Waals surface area contributed by atoms with Crippen molar-refractivity contribution in [2.45, 2.75) is 23.1 Å². The van der Waals surface area contributed by atoms with Gasteiger partial charge in [-0.25, -0.2) is 9.07 Å². The van der Waals surface area contributed by atoms with Crippen LogP contribution in [0.1, 0.15) is 17.4 Å². The molecule has 4 aromatic rings. The third kappa shape index (κ3) is 4.54. The highest BCUT2D eigenvalue weighted by Gasteiger charge is 2.38. The van der Waals surface area contributed by atoms with E-state index < -0.39 is 17.1 Å². The summed E-state index contributed by atoms with van der Waals surface area (Å²) in [4.78, 5) is 13.2. The Kier molecular flexibility index (Phi) is 5.95. The van der Waals surface area contributed by atoms with Crippen molar-refractivity contribution in [2.24, 2.45) is 0 Å². The molecule has 0 saturated carbocycles. The number of hydrogen-bond donors (Lipinski definition) is 2. The van der Waals surface area contributed by atoms with Crippen molar-refractivity contribution in [1.82, 2.24) is 14.9 Å². The maximum Gasteiger partial charge on any atom is 0.240 e. The number of nitrogens with zero attached hydrogens (tertiary/aromatic N) is 3. The van der Waals surface area contributed by atoms with Crippen LogP contribution in [0, 0.1) is 5.82 Å². The van der Waals surface area contributed by atoms with Gasteiger partial charge in [-0.05, 0) is 29.8 Å². The molecule has 9 heteroatoms. The normalized spacial score (nSPS) is 17.0. The number of thioether (sulfide) groups is 1. The monoisotopic (exact) mass is 461 g/mol. The average Bonchev–Trinajstić information content (AvgIpc) is 3.26. The van der Waals surface area contributed by atoms with E-state index in [0.717, 1.165) is 11.3 Å². The number of nitrogens with one attached hydrogen (secondary N) is 2. The van der Waals surface area contributed by atoms with E-state index in [1.165, 1.54) is 23.9 Å². The van der Waals surface area contributed by atoms with Crippen molar-refractivity contribution in [2.75, 3.05) is 10.7 Å². The highest BCUT2D eigenvalue weighted by atomic mass is 32.2. The first-order chi connectivity index (χ1) is 16.2. The minimum absolute atomic E-state index is 0.138. The van der Waals surface area contributed by atoms with Crippen LogP contribution >= 0.6 is 11.8 Å². The predicted molar refractivity (Wildman–Crippen MR) is 124 cm³/mol. The number of anilines is 1. The lowest BCUT2D eigenvalue weighted by Crippen LogP contribution is -2.41. The summed E-state index contributed by atoms with van der Waals surface area (Å²) in [5.74, 6) is 0.484. The standard InChI is InChI=1S/C24H20FN5O2S/c25-18-13-7-8-14-19(18)26-23(31)22-21(16-9-3-1-4-10-16)29-30-20(27-28-24(30)33-22)15-32-17-11-5-2-6-12-17/h1-14,21-22,29H,15H2,(H,26,31)/t21-,22+/m0/s1. The third-order valence-electron chi connectivity index (χ3n) is 5.16. The summed E-state index contributed by atoms with van der Waals surface area (Å²) in [5, 5.41) is 11.1. The van der Waals surface area contributed by atoms with Crippen LogP contribution in [-0.4, -0.2) is 26.0 Å². The lowest BCUT2D eigenvalue weighted by atomic mass is 10.0. The summed E-state index contributed by atoms with van der Waals surface area (Å²) in [5.41, 5.74) is 4.41. The van der Waals surface area contributed by atoms with Gasteiger partial charge < -0.3 is 15.5 Å². The fourth-order valence-electron chi connectivity index (χ4n) is 3.53. The van der Waals surface area contributed by atoms with Gasteiger partial charge in [0, 0.05) is 0 Å². The molecule has 1 aliphatic heterocycles. The highest BCUT2D eigenvalue weighted by molar-refractivity contribution is 8.00. The number of aromatic nitrogens is 3. The molecule has 1 aromatic heterocycles. The fourth-order valence-corrected chi connectivity index (χ4v) is 4.63. The number of benzene rings is 3. The van der Waals surface area contributed by atoms with E-state index in [1.807, 2.05) is 60.7 Å². The number of amides is 1. The van der Waals surface area contributed by atoms with Gasteiger partial charge in [-0.2, -0.15) is 0 Å². The van der Waals surface area contributed by atoms with E-state index in [1.54, 1.807) is 16.8 Å². The number of hydrogen-bond acceptors (Lipinski definition) is 6. The van der Waals surface area contributed by atoms with Crippen LogP contribution in [0.5, 0.6) is 5.75 Å². The lowest BCUT2D eigenvalue weighted by molar-refractivity contribution is -0.116. The molecule has 0 bridgehead atoms. The first-order valence-electron chi connectivity index (χ1n) is 10.3. The molecule has 33 heavy (non-hydrogen) atoms. The molecule has 0 fully saturated rings. The van der Waals surface area contributed by atoms with Crippen LogP contribution < -0.4 is 15.5 Å². The van der Waals surface area contributed by atoms with E-state index in [4.69, 9.17) is 4.74 Å². The first-order valence-corrected chi connectivity index (χ1v) is 11.2. The molecule has 0 spiro atoms. The van der Waals surface area contributed by atoms with Gasteiger partial charge in [0.05, 0.1) is 11.7 Å². The number of halogens is 1. The van der Waals surface area contributed by atoms with E-state index in [2.05, 4.69) is 20.9 Å². The average molecular weight is 462 g/mol. The fraction of sp³-hybridized carbons (Fsp3) is 0.125. The van der Waals surface area contributed by atoms with Crippen LogP contribution in [0.4, 0.5) is 10.1 Å². The van der Waals surface area contributed by atoms with Crippen LogP contribution in [0.2, 0.25) is 0 Å². The van der Waals surface area contributed by atoms with E-state index in [9.17, 15) is 9.18 Å². The smallest absolute Gasteiger partial charge is 0.240 e. The Hall–Kier alpha value is -3.85. The molecule has 5 rings (SSSR count). The first kappa shape index (κ1) is 21.0. The largest absolute Gasteiger partial charge is 0.486 e. The van der Waals surface area contributed by atoms with Gasteiger partial charge in [-0.15, -0.1) is 10.2 Å². The topological polar surface area (TPSA) is 81.1 Å². The number of ether oxygens (including phenoxy) is 1. The molecule has 0 saturated heterocycles. The van der Waals surface area contributed by atoms with Gasteiger partial charge in [0.1, 0.15) is 23.4 Å². The Morgan fingerprint density at radius 1 is 1.00 bits per heavy atom. The van der Waals surface area contributed by atoms with Crippen molar-refractivity contribution in [3.63, 3.8) is 0 Å². The number of carbonyl (C=O) groups is 1. The summed E-state index contributed by atoms with van der Waals surface area (Å²) in [6.45, 7) is 0.207. The molecular formula is C24H20FN5O2S. The maximum atomic E-state index is 14.1. The molecule has 7 nitrogen and oxygen atoms in total. The quantitative estimate of drug-likeness (QED) is 0.443. The Morgan fingerprint density at radius 3 is 2.45 bits per heavy atom. The highest BCUT2D eigenvalue weighted by Crippen LogP contribution is 2.37. The number of carbonyl (C=O) groups excluding carboxylic acids is 1. The number of para-hydroxylation sites is 2. The minimum atomic E-state index is -0.605. The number of rotatable bonds is 6. The molecule has 0 unspecified atom stereocenters. The minimum Gasteiger partial charge on any atom is -0.486 e. The molecule has 1 aliphatic rings. The molecule has 0 radical (unpaired) electrons. The molecule has 2 N–H and O–H groups in total. The van der Waals surface area contributed by atoms with Crippen molar-refractivity contribution in [1.29, 1.82) is 0 Å². The Balaban J connectivity index is 1.41. The summed E-state index contributed by atoms with van der Waals surface area (Å²) in [6.07, 6.45) is 0. The number of fused-ring (bicyclic) bond motifs is 1. The van der Waals surface area contributed by atoms with Crippen LogP contribution in [0.25, 0.3) is 0 Å². The van der Waals surface area contributed by atoms with Gasteiger partial charge in [-0.3, -0.25) is 4.79 Å². The van der Waals surface area contributed by atoms with Crippen molar-refractivity contribution in [3.8, 4) is 5.75 Å². The van der Waals surface area contributed by atoms with Crippen molar-refractivity contribution in [3.05, 3.63) is 102 Å². The van der Waals surface area contributed by atoms with Gasteiger partial charge in [0.15, 0.2) is 5.82 Å². The summed E-state index contributed by atoms with van der Waals surface area (Å²) >= 11 is 1.27. The van der Waals surface area contributed by atoms with Crippen LogP contribution in [0.3, 0.4) is 0 Å². The third-order valence-corrected chi connectivity index (χ3v) is 6.38. The molecule has 1 amide bonds. The summed E-state index contributed by atoms with van der Waals surface area (Å²) < 4.78 is 21.7. The molecule has 3 aromatic carbocycles. The Labute approximate surface area is 194 Å². The van der Waals surface area contributed by atoms with Gasteiger partial charge >= 0.3 is 0 Å². The molecule has 2 heterocycles. The molecular weight excluding hydrogens is 441 g/mol. The zero-order valence-electron chi connectivity index (χ0n) is 17.4. The zero-order chi connectivity index (χ0) is 22.6. The molecule has 2 atom stereocenters. The molecule has 0 aliphatic carbocycles. The Morgan fingerprint density at radius 2 is 1.70 bits per heavy atom. The SMILES string of the molecule is O=C(Nc1ccccc1F)[C@@H]1Sc2nnc(COc3ccccc3)n2N[C@H]1c1ccccc1. The van der Waals surface area contributed by atoms with Crippen LogP contribution in [0.15, 0.2) is 90.1 Å². The summed E-state index contributed by atoms with van der Waals surface area (Å²) in [6, 6.07) is 24.8. The van der Waals surface area contributed by atoms with Gasteiger partial charge in [0.25, 0.3) is 0 Å². The van der Waals surface area contributed by atoms with E-state index >= 15 is 0 Å². The Bertz CT molecular complexity index is 1250. The van der Waals surface area contributed by atoms with E-state index in [0.29, 0.717) is 11.0 Å². The van der Waals surface area contributed by atoms with Crippen LogP contribution in [-0.2, 0) is 11.4 Å². The predicted octanol–water partition coefficient (Wildman–Crippen LogP) is 4.39.